The van der Waals surface area contributed by atoms with Crippen molar-refractivity contribution < 1.29 is 4.79 Å². The van der Waals surface area contributed by atoms with E-state index in [1.807, 2.05) is 0 Å². The molecular formula is C12H22O. The van der Waals surface area contributed by atoms with Crippen molar-refractivity contribution in [2.24, 2.45) is 16.7 Å². The van der Waals surface area contributed by atoms with Gasteiger partial charge in [-0.15, -0.1) is 0 Å². The van der Waals surface area contributed by atoms with Gasteiger partial charge in [-0.05, 0) is 23.2 Å². The zero-order valence-corrected chi connectivity index (χ0v) is 9.61. The molecule has 1 aliphatic carbocycles. The van der Waals surface area contributed by atoms with E-state index < -0.39 is 0 Å². The van der Waals surface area contributed by atoms with Crippen LogP contribution in [0.15, 0.2) is 0 Å². The van der Waals surface area contributed by atoms with Crippen LogP contribution in [0.25, 0.3) is 0 Å². The first-order chi connectivity index (χ1) is 5.73. The highest BCUT2D eigenvalue weighted by atomic mass is 16.1. The Morgan fingerprint density at radius 2 is 1.85 bits per heavy atom. The molecule has 0 spiro atoms. The summed E-state index contributed by atoms with van der Waals surface area (Å²) in [5, 5.41) is 0. The summed E-state index contributed by atoms with van der Waals surface area (Å²) in [4.78, 5) is 11.4. The topological polar surface area (TPSA) is 17.1 Å². The maximum absolute atomic E-state index is 11.4. The Kier molecular flexibility index (Phi) is 2.57. The van der Waals surface area contributed by atoms with E-state index in [9.17, 15) is 4.79 Å². The van der Waals surface area contributed by atoms with Crippen molar-refractivity contribution in [3.63, 3.8) is 0 Å². The summed E-state index contributed by atoms with van der Waals surface area (Å²) >= 11 is 0. The van der Waals surface area contributed by atoms with Crippen molar-refractivity contribution in [3.05, 3.63) is 0 Å². The predicted molar refractivity (Wildman–Crippen MR) is 55.6 cm³/mol. The molecular weight excluding hydrogens is 160 g/mol. The zero-order valence-electron chi connectivity index (χ0n) is 9.61. The Labute approximate surface area is 81.9 Å². The van der Waals surface area contributed by atoms with Gasteiger partial charge in [0.2, 0.25) is 0 Å². The molecule has 0 saturated heterocycles. The molecule has 1 aliphatic rings. The van der Waals surface area contributed by atoms with Crippen LogP contribution in [-0.4, -0.2) is 5.78 Å². The minimum absolute atomic E-state index is 0.202. The van der Waals surface area contributed by atoms with E-state index in [2.05, 4.69) is 34.6 Å². The fourth-order valence-corrected chi connectivity index (χ4v) is 3.02. The Hall–Kier alpha value is -0.330. The van der Waals surface area contributed by atoms with Gasteiger partial charge in [-0.1, -0.05) is 34.6 Å². The molecule has 0 heterocycles. The second-order valence-electron chi connectivity index (χ2n) is 6.16. The number of hydrogen-bond acceptors (Lipinski definition) is 1. The Morgan fingerprint density at radius 1 is 1.31 bits per heavy atom. The van der Waals surface area contributed by atoms with Crippen molar-refractivity contribution in [1.82, 2.24) is 0 Å². The number of rotatable bonds is 0. The molecule has 0 aromatic carbocycles. The zero-order chi connectivity index (χ0) is 10.3. The molecule has 1 fully saturated rings. The molecule has 0 aromatic heterocycles. The SMILES string of the molecule is CC(C)(C)[C@@H]1CCC(=O)CC1(C)C. The van der Waals surface area contributed by atoms with Gasteiger partial charge in [0.05, 0.1) is 0 Å². The van der Waals surface area contributed by atoms with E-state index in [1.165, 1.54) is 0 Å². The second-order valence-corrected chi connectivity index (χ2v) is 6.16. The molecule has 1 nitrogen and oxygen atoms in total. The number of hydrogen-bond donors (Lipinski definition) is 0. The standard InChI is InChI=1S/C12H22O/c1-11(2,3)10-7-6-9(13)8-12(10,4)5/h10H,6-8H2,1-5H3/t10-/m0/s1. The highest BCUT2D eigenvalue weighted by Crippen LogP contribution is 2.48. The maximum Gasteiger partial charge on any atom is 0.133 e. The van der Waals surface area contributed by atoms with Crippen molar-refractivity contribution in [2.75, 3.05) is 0 Å². The second kappa shape index (κ2) is 3.11. The summed E-state index contributed by atoms with van der Waals surface area (Å²) < 4.78 is 0. The van der Waals surface area contributed by atoms with Crippen LogP contribution in [0, 0.1) is 16.7 Å². The maximum atomic E-state index is 11.4. The van der Waals surface area contributed by atoms with Gasteiger partial charge in [-0.3, -0.25) is 4.79 Å². The fourth-order valence-electron chi connectivity index (χ4n) is 3.02. The van der Waals surface area contributed by atoms with E-state index in [-0.39, 0.29) is 5.41 Å². The first kappa shape index (κ1) is 10.7. The summed E-state index contributed by atoms with van der Waals surface area (Å²) in [7, 11) is 0. The van der Waals surface area contributed by atoms with E-state index in [1.54, 1.807) is 0 Å². The van der Waals surface area contributed by atoms with Crippen LogP contribution in [0.4, 0.5) is 0 Å². The Morgan fingerprint density at radius 3 is 2.23 bits per heavy atom. The van der Waals surface area contributed by atoms with Gasteiger partial charge >= 0.3 is 0 Å². The lowest BCUT2D eigenvalue weighted by molar-refractivity contribution is -0.126. The average molecular weight is 182 g/mol. The third kappa shape index (κ3) is 2.32. The molecule has 1 heteroatoms. The van der Waals surface area contributed by atoms with Crippen molar-refractivity contribution in [1.29, 1.82) is 0 Å². The van der Waals surface area contributed by atoms with Crippen molar-refractivity contribution in [2.45, 2.75) is 53.9 Å². The van der Waals surface area contributed by atoms with Crippen LogP contribution in [0.2, 0.25) is 0 Å². The molecule has 0 aliphatic heterocycles. The summed E-state index contributed by atoms with van der Waals surface area (Å²) in [6, 6.07) is 0. The molecule has 13 heavy (non-hydrogen) atoms. The van der Waals surface area contributed by atoms with Gasteiger partial charge in [-0.25, -0.2) is 0 Å². The highest BCUT2D eigenvalue weighted by Gasteiger charge is 2.41. The normalized spacial score (nSPS) is 29.0. The molecule has 1 atom stereocenters. The molecule has 0 bridgehead atoms. The summed E-state index contributed by atoms with van der Waals surface area (Å²) in [6.45, 7) is 11.3. The van der Waals surface area contributed by atoms with Crippen molar-refractivity contribution in [3.8, 4) is 0 Å². The van der Waals surface area contributed by atoms with Crippen molar-refractivity contribution >= 4 is 5.78 Å². The summed E-state index contributed by atoms with van der Waals surface area (Å²) in [5.41, 5.74) is 0.539. The Balaban J connectivity index is 2.82. The van der Waals surface area contributed by atoms with Gasteiger partial charge in [0.15, 0.2) is 0 Å². The number of carbonyl (C=O) groups is 1. The number of Topliss-reactive ketones (excluding diaryl/α,β-unsaturated/α-hetero) is 1. The molecule has 1 rings (SSSR count). The largest absolute Gasteiger partial charge is 0.300 e. The van der Waals surface area contributed by atoms with Gasteiger partial charge < -0.3 is 0 Å². The number of ketones is 1. The third-order valence-corrected chi connectivity index (χ3v) is 3.35. The Bertz CT molecular complexity index is 208. The van der Waals surface area contributed by atoms with Gasteiger partial charge in [0, 0.05) is 12.8 Å². The van der Waals surface area contributed by atoms with Gasteiger partial charge in [0.25, 0.3) is 0 Å². The van der Waals surface area contributed by atoms with E-state index in [0.29, 0.717) is 17.1 Å². The van der Waals surface area contributed by atoms with Crippen LogP contribution in [-0.2, 0) is 4.79 Å². The fraction of sp³-hybridized carbons (Fsp3) is 0.917. The lowest BCUT2D eigenvalue weighted by atomic mass is 9.59. The van der Waals surface area contributed by atoms with E-state index in [4.69, 9.17) is 0 Å². The molecule has 1 saturated carbocycles. The van der Waals surface area contributed by atoms with Crippen LogP contribution >= 0.6 is 0 Å². The van der Waals surface area contributed by atoms with Gasteiger partial charge in [-0.2, -0.15) is 0 Å². The average Bonchev–Trinajstić information content (AvgIpc) is 1.79. The predicted octanol–water partition coefficient (Wildman–Crippen LogP) is 3.43. The first-order valence-electron chi connectivity index (χ1n) is 5.25. The smallest absolute Gasteiger partial charge is 0.133 e. The first-order valence-corrected chi connectivity index (χ1v) is 5.25. The lowest BCUT2D eigenvalue weighted by Gasteiger charge is -2.45. The van der Waals surface area contributed by atoms with E-state index >= 15 is 0 Å². The summed E-state index contributed by atoms with van der Waals surface area (Å²) in [5.74, 6) is 1.13. The molecule has 0 amide bonds. The van der Waals surface area contributed by atoms with Crippen LogP contribution in [0.1, 0.15) is 53.9 Å². The molecule has 0 aromatic rings. The summed E-state index contributed by atoms with van der Waals surface area (Å²) in [6.07, 6.45) is 2.65. The third-order valence-electron chi connectivity index (χ3n) is 3.35. The van der Waals surface area contributed by atoms with Crippen LogP contribution in [0.3, 0.4) is 0 Å². The lowest BCUT2D eigenvalue weighted by Crippen LogP contribution is -2.39. The van der Waals surface area contributed by atoms with E-state index in [0.717, 1.165) is 19.3 Å². The van der Waals surface area contributed by atoms with Gasteiger partial charge in [0.1, 0.15) is 5.78 Å². The molecule has 0 radical (unpaired) electrons. The number of carbonyl (C=O) groups excluding carboxylic acids is 1. The molecule has 0 N–H and O–H groups in total. The highest BCUT2D eigenvalue weighted by molar-refractivity contribution is 5.79. The molecule has 76 valence electrons. The van der Waals surface area contributed by atoms with Crippen LogP contribution < -0.4 is 0 Å². The minimum Gasteiger partial charge on any atom is -0.300 e. The molecule has 0 unspecified atom stereocenters. The monoisotopic (exact) mass is 182 g/mol. The minimum atomic E-state index is 0.202. The van der Waals surface area contributed by atoms with Crippen LogP contribution in [0.5, 0.6) is 0 Å². The quantitative estimate of drug-likeness (QED) is 0.561.